The van der Waals surface area contributed by atoms with Gasteiger partial charge in [-0.1, -0.05) is 23.2 Å². The maximum absolute atomic E-state index is 12.3. The zero-order valence-electron chi connectivity index (χ0n) is 20.9. The summed E-state index contributed by atoms with van der Waals surface area (Å²) in [5.74, 6) is -0.404. The van der Waals surface area contributed by atoms with Crippen molar-refractivity contribution in [2.24, 2.45) is 0 Å². The molecule has 0 N–H and O–H groups in total. The van der Waals surface area contributed by atoms with Crippen LogP contribution >= 0.6 is 23.2 Å². The number of hydrogen-bond acceptors (Lipinski definition) is 8. The van der Waals surface area contributed by atoms with Gasteiger partial charge in [-0.2, -0.15) is 0 Å². The molecule has 0 atom stereocenters. The Labute approximate surface area is 229 Å². The number of carbonyl (C=O) groups excluding carboxylic acids is 2. The fourth-order valence-electron chi connectivity index (χ4n) is 4.09. The minimum Gasteiger partial charge on any atom is -0.296 e. The number of hydrogen-bond donors (Lipinski definition) is 0. The van der Waals surface area contributed by atoms with Gasteiger partial charge in [-0.3, -0.25) is 39.6 Å². The molecule has 200 valence electrons. The number of Topliss-reactive ketones (excluding diaryl/α,β-unsaturated/α-hetero) is 2. The standard InChI is InChI=1S/C26H26Cl2N4O6/c1-17(33)21(11-19-13-23(27)3-5-25(19)31(35)36)15-29-7-9-30(10-8-29)16-22(18(2)34)12-20-14-24(28)4-6-26(20)32(37)38/h3-6,11-14H,7-10,15-16H2,1-2H3/b21-11-,22-12-. The second-order valence-electron chi connectivity index (χ2n) is 8.92. The van der Waals surface area contributed by atoms with E-state index in [-0.39, 0.29) is 34.1 Å². The van der Waals surface area contributed by atoms with Gasteiger partial charge in [-0.15, -0.1) is 0 Å². The first-order valence-electron chi connectivity index (χ1n) is 11.7. The summed E-state index contributed by atoms with van der Waals surface area (Å²) in [5, 5.41) is 23.4. The van der Waals surface area contributed by atoms with Gasteiger partial charge in [0.1, 0.15) is 0 Å². The minimum absolute atomic E-state index is 0.138. The topological polar surface area (TPSA) is 127 Å². The Kier molecular flexibility index (Phi) is 9.87. The number of piperazine rings is 1. The van der Waals surface area contributed by atoms with E-state index >= 15 is 0 Å². The van der Waals surface area contributed by atoms with Crippen LogP contribution in [-0.4, -0.2) is 70.5 Å². The molecular weight excluding hydrogens is 535 g/mol. The molecule has 1 aliphatic rings. The van der Waals surface area contributed by atoms with Gasteiger partial charge < -0.3 is 0 Å². The summed E-state index contributed by atoms with van der Waals surface area (Å²) in [4.78, 5) is 50.5. The zero-order chi connectivity index (χ0) is 28.0. The maximum atomic E-state index is 12.3. The lowest BCUT2D eigenvalue weighted by atomic mass is 10.0. The van der Waals surface area contributed by atoms with E-state index in [1.165, 1.54) is 62.4 Å². The van der Waals surface area contributed by atoms with Crippen molar-refractivity contribution < 1.29 is 19.4 Å². The van der Waals surface area contributed by atoms with Crippen molar-refractivity contribution in [3.05, 3.63) is 88.9 Å². The average molecular weight is 561 g/mol. The molecule has 0 amide bonds. The van der Waals surface area contributed by atoms with Gasteiger partial charge in [-0.25, -0.2) is 0 Å². The van der Waals surface area contributed by atoms with Crippen LogP contribution in [0.25, 0.3) is 12.2 Å². The second kappa shape index (κ2) is 12.9. The third kappa shape index (κ3) is 7.78. The summed E-state index contributed by atoms with van der Waals surface area (Å²) in [6.45, 7) is 5.79. The van der Waals surface area contributed by atoms with Gasteiger partial charge in [-0.05, 0) is 50.3 Å². The molecule has 38 heavy (non-hydrogen) atoms. The maximum Gasteiger partial charge on any atom is 0.276 e. The van der Waals surface area contributed by atoms with Gasteiger partial charge in [0.15, 0.2) is 11.6 Å². The molecule has 0 aliphatic carbocycles. The van der Waals surface area contributed by atoms with Gasteiger partial charge in [0.25, 0.3) is 11.4 Å². The van der Waals surface area contributed by atoms with E-state index in [0.29, 0.717) is 60.5 Å². The second-order valence-corrected chi connectivity index (χ2v) is 9.80. The first kappa shape index (κ1) is 29.1. The van der Waals surface area contributed by atoms with Crippen molar-refractivity contribution in [2.75, 3.05) is 39.3 Å². The lowest BCUT2D eigenvalue weighted by Gasteiger charge is -2.35. The number of nitro groups is 2. The molecule has 0 saturated carbocycles. The van der Waals surface area contributed by atoms with Crippen molar-refractivity contribution >= 4 is 58.3 Å². The lowest BCUT2D eigenvalue weighted by molar-refractivity contribution is -0.385. The fraction of sp³-hybridized carbons (Fsp3) is 0.308. The monoisotopic (exact) mass is 560 g/mol. The molecule has 12 heteroatoms. The SMILES string of the molecule is CC(=O)/C(=C\c1cc(Cl)ccc1[N+](=O)[O-])CN1CCN(C/C(=C/c2cc(Cl)ccc2[N+](=O)[O-])C(C)=O)CC1. The summed E-state index contributed by atoms with van der Waals surface area (Å²) < 4.78 is 0. The van der Waals surface area contributed by atoms with Crippen molar-refractivity contribution in [2.45, 2.75) is 13.8 Å². The van der Waals surface area contributed by atoms with Crippen LogP contribution in [0.15, 0.2) is 47.5 Å². The van der Waals surface area contributed by atoms with E-state index in [1.54, 1.807) is 0 Å². The molecule has 2 aromatic rings. The van der Waals surface area contributed by atoms with Gasteiger partial charge in [0.2, 0.25) is 0 Å². The van der Waals surface area contributed by atoms with Crippen molar-refractivity contribution in [3.63, 3.8) is 0 Å². The van der Waals surface area contributed by atoms with E-state index in [2.05, 4.69) is 9.80 Å². The van der Waals surface area contributed by atoms with Crippen LogP contribution in [0.4, 0.5) is 11.4 Å². The Hall–Kier alpha value is -3.44. The van der Waals surface area contributed by atoms with Gasteiger partial charge in [0.05, 0.1) is 21.0 Å². The van der Waals surface area contributed by atoms with Crippen LogP contribution in [0.5, 0.6) is 0 Å². The number of ketones is 2. The van der Waals surface area contributed by atoms with E-state index < -0.39 is 9.85 Å². The smallest absolute Gasteiger partial charge is 0.276 e. The molecule has 0 spiro atoms. The number of nitro benzene ring substituents is 2. The molecule has 3 rings (SSSR count). The number of rotatable bonds is 10. The first-order chi connectivity index (χ1) is 17.9. The van der Waals surface area contributed by atoms with Crippen LogP contribution in [0, 0.1) is 20.2 Å². The normalized spacial score (nSPS) is 15.4. The van der Waals surface area contributed by atoms with E-state index in [0.717, 1.165) is 0 Å². The molecule has 2 aromatic carbocycles. The summed E-state index contributed by atoms with van der Waals surface area (Å²) >= 11 is 12.0. The molecular formula is C26H26Cl2N4O6. The predicted molar refractivity (Wildman–Crippen MR) is 146 cm³/mol. The lowest BCUT2D eigenvalue weighted by Crippen LogP contribution is -2.47. The zero-order valence-corrected chi connectivity index (χ0v) is 22.4. The highest BCUT2D eigenvalue weighted by atomic mass is 35.5. The molecule has 0 unspecified atom stereocenters. The van der Waals surface area contributed by atoms with E-state index in [9.17, 15) is 29.8 Å². The van der Waals surface area contributed by atoms with Gasteiger partial charge >= 0.3 is 0 Å². The number of halogens is 2. The largest absolute Gasteiger partial charge is 0.296 e. The highest BCUT2D eigenvalue weighted by Gasteiger charge is 2.22. The number of benzene rings is 2. The van der Waals surface area contributed by atoms with Crippen molar-refractivity contribution in [1.82, 2.24) is 9.80 Å². The summed E-state index contributed by atoms with van der Waals surface area (Å²) in [7, 11) is 0. The highest BCUT2D eigenvalue weighted by Crippen LogP contribution is 2.27. The number of carbonyl (C=O) groups is 2. The van der Waals surface area contributed by atoms with Crippen LogP contribution in [0.3, 0.4) is 0 Å². The molecule has 0 bridgehead atoms. The molecule has 1 aliphatic heterocycles. The fourth-order valence-corrected chi connectivity index (χ4v) is 4.46. The number of nitrogens with zero attached hydrogens (tertiary/aromatic N) is 4. The average Bonchev–Trinajstić information content (AvgIpc) is 2.84. The van der Waals surface area contributed by atoms with E-state index in [4.69, 9.17) is 23.2 Å². The molecule has 1 heterocycles. The van der Waals surface area contributed by atoms with Crippen molar-refractivity contribution in [3.8, 4) is 0 Å². The molecule has 1 saturated heterocycles. The summed E-state index contributed by atoms with van der Waals surface area (Å²) in [5.41, 5.74) is 1.08. The third-order valence-electron chi connectivity index (χ3n) is 6.19. The molecule has 1 fully saturated rings. The van der Waals surface area contributed by atoms with Gasteiger partial charge in [0, 0.05) is 72.6 Å². The Morgan fingerprint density at radius 1 is 0.763 bits per heavy atom. The van der Waals surface area contributed by atoms with E-state index in [1.807, 2.05) is 0 Å². The summed E-state index contributed by atoms with van der Waals surface area (Å²) in [6.07, 6.45) is 3.01. The Morgan fingerprint density at radius 3 is 1.39 bits per heavy atom. The van der Waals surface area contributed by atoms with Crippen LogP contribution in [0.2, 0.25) is 10.0 Å². The van der Waals surface area contributed by atoms with Crippen LogP contribution in [0.1, 0.15) is 25.0 Å². The Bertz CT molecular complexity index is 1230. The molecule has 10 nitrogen and oxygen atoms in total. The molecule has 0 aromatic heterocycles. The van der Waals surface area contributed by atoms with Crippen molar-refractivity contribution in [1.29, 1.82) is 0 Å². The Balaban J connectivity index is 1.72. The minimum atomic E-state index is -0.517. The van der Waals surface area contributed by atoms with Crippen LogP contribution < -0.4 is 0 Å². The quantitative estimate of drug-likeness (QED) is 0.224. The summed E-state index contributed by atoms with van der Waals surface area (Å²) in [6, 6.07) is 8.39. The van der Waals surface area contributed by atoms with Crippen LogP contribution in [-0.2, 0) is 9.59 Å². The highest BCUT2D eigenvalue weighted by molar-refractivity contribution is 6.31. The Morgan fingerprint density at radius 2 is 1.11 bits per heavy atom. The third-order valence-corrected chi connectivity index (χ3v) is 6.66. The first-order valence-corrected chi connectivity index (χ1v) is 12.5. The predicted octanol–water partition coefficient (Wildman–Crippen LogP) is 5.07. The molecule has 0 radical (unpaired) electrons.